The van der Waals surface area contributed by atoms with Gasteiger partial charge >= 0.3 is 0 Å². The van der Waals surface area contributed by atoms with Crippen LogP contribution in [0.15, 0.2) is 0 Å². The molecule has 5 heteroatoms. The Morgan fingerprint density at radius 2 is 2.17 bits per heavy atom. The van der Waals surface area contributed by atoms with Gasteiger partial charge in [0.15, 0.2) is 0 Å². The van der Waals surface area contributed by atoms with E-state index in [0.29, 0.717) is 6.42 Å². The molecule has 0 amide bonds. The van der Waals surface area contributed by atoms with E-state index in [-0.39, 0.29) is 23.1 Å². The Kier molecular flexibility index (Phi) is 1.04. The van der Waals surface area contributed by atoms with Crippen LogP contribution in [0.4, 0.5) is 0 Å². The summed E-state index contributed by atoms with van der Waals surface area (Å²) >= 11 is 0. The third kappa shape index (κ3) is 0.677. The summed E-state index contributed by atoms with van der Waals surface area (Å²) in [7, 11) is -3.29. The highest BCUT2D eigenvalue weighted by atomic mass is 32.2. The molecule has 3 fully saturated rings. The second-order valence-electron chi connectivity index (χ2n) is 4.11. The Balaban J connectivity index is 2.13. The minimum absolute atomic E-state index is 0.181. The molecule has 0 saturated carbocycles. The highest BCUT2D eigenvalue weighted by Gasteiger charge is 2.65. The molecular formula is C7H10O4S. The molecule has 2 bridgehead atoms. The fourth-order valence-corrected chi connectivity index (χ4v) is 4.36. The zero-order chi connectivity index (χ0) is 8.56. The molecule has 68 valence electrons. The summed E-state index contributed by atoms with van der Waals surface area (Å²) < 4.78 is 33.2. The average molecular weight is 190 g/mol. The van der Waals surface area contributed by atoms with Crippen molar-refractivity contribution in [3.63, 3.8) is 0 Å². The van der Waals surface area contributed by atoms with E-state index in [1.54, 1.807) is 0 Å². The van der Waals surface area contributed by atoms with Crippen molar-refractivity contribution in [3.8, 4) is 0 Å². The number of fused-ring (bicyclic) bond motifs is 1. The summed E-state index contributed by atoms with van der Waals surface area (Å²) in [5, 5.41) is -0.388. The van der Waals surface area contributed by atoms with Gasteiger partial charge in [0.25, 0.3) is 10.1 Å². The van der Waals surface area contributed by atoms with Crippen LogP contribution >= 0.6 is 0 Å². The van der Waals surface area contributed by atoms with E-state index < -0.39 is 10.1 Å². The maximum Gasteiger partial charge on any atom is 0.273 e. The number of hydrogen-bond acceptors (Lipinski definition) is 4. The van der Waals surface area contributed by atoms with Crippen LogP contribution in [0.1, 0.15) is 19.8 Å². The maximum absolute atomic E-state index is 11.3. The molecule has 0 radical (unpaired) electrons. The summed E-state index contributed by atoms with van der Waals surface area (Å²) in [6, 6.07) is 0. The standard InChI is InChI=1S/C7H10O4S/c1-7-2-4-6(10-7)5(3-7)12(8,9)11-4/h4-6H,2-3H2,1H3/t4-,5?,6?,7?/m0/s1. The van der Waals surface area contributed by atoms with E-state index in [1.165, 1.54) is 0 Å². The number of rotatable bonds is 0. The van der Waals surface area contributed by atoms with E-state index in [9.17, 15) is 8.42 Å². The smallest absolute Gasteiger partial charge is 0.273 e. The van der Waals surface area contributed by atoms with Gasteiger partial charge in [0.2, 0.25) is 0 Å². The molecule has 0 aromatic rings. The highest BCUT2D eigenvalue weighted by Crippen LogP contribution is 2.52. The van der Waals surface area contributed by atoms with Crippen LogP contribution in [-0.4, -0.2) is 31.5 Å². The molecular weight excluding hydrogens is 180 g/mol. The molecule has 4 nitrogen and oxygen atoms in total. The molecule has 3 rings (SSSR count). The Bertz CT molecular complexity index is 331. The third-order valence-corrected chi connectivity index (χ3v) is 4.74. The number of ether oxygens (including phenoxy) is 1. The number of hydrogen-bond donors (Lipinski definition) is 0. The monoisotopic (exact) mass is 190 g/mol. The Morgan fingerprint density at radius 3 is 2.67 bits per heavy atom. The minimum atomic E-state index is -3.29. The highest BCUT2D eigenvalue weighted by molar-refractivity contribution is 7.87. The van der Waals surface area contributed by atoms with Crippen molar-refractivity contribution in [3.05, 3.63) is 0 Å². The van der Waals surface area contributed by atoms with E-state index >= 15 is 0 Å². The van der Waals surface area contributed by atoms with Crippen molar-refractivity contribution >= 4 is 10.1 Å². The molecule has 4 atom stereocenters. The summed E-state index contributed by atoms with van der Waals surface area (Å²) in [6.45, 7) is 1.96. The largest absolute Gasteiger partial charge is 0.368 e. The zero-order valence-corrected chi connectivity index (χ0v) is 7.50. The van der Waals surface area contributed by atoms with Gasteiger partial charge in [0.1, 0.15) is 17.5 Å². The predicted octanol–water partition coefficient (Wildman–Crippen LogP) is 0.0349. The van der Waals surface area contributed by atoms with E-state index in [0.717, 1.165) is 6.42 Å². The van der Waals surface area contributed by atoms with E-state index in [4.69, 9.17) is 8.92 Å². The van der Waals surface area contributed by atoms with Crippen molar-refractivity contribution < 1.29 is 17.3 Å². The second-order valence-corrected chi connectivity index (χ2v) is 5.89. The lowest BCUT2D eigenvalue weighted by Gasteiger charge is -2.17. The first-order valence-electron chi connectivity index (χ1n) is 4.10. The zero-order valence-electron chi connectivity index (χ0n) is 6.69. The van der Waals surface area contributed by atoms with Gasteiger partial charge in [-0.25, -0.2) is 0 Å². The van der Waals surface area contributed by atoms with Crippen LogP contribution in [0.5, 0.6) is 0 Å². The van der Waals surface area contributed by atoms with Crippen LogP contribution in [-0.2, 0) is 19.0 Å². The van der Waals surface area contributed by atoms with Gasteiger partial charge in [-0.15, -0.1) is 0 Å². The van der Waals surface area contributed by atoms with E-state index in [1.807, 2.05) is 6.92 Å². The van der Waals surface area contributed by atoms with E-state index in [2.05, 4.69) is 0 Å². The van der Waals surface area contributed by atoms with Crippen molar-refractivity contribution in [2.45, 2.75) is 42.8 Å². The summed E-state index contributed by atoms with van der Waals surface area (Å²) in [5.41, 5.74) is -0.233. The van der Waals surface area contributed by atoms with Crippen molar-refractivity contribution in [2.24, 2.45) is 0 Å². The van der Waals surface area contributed by atoms with Gasteiger partial charge in [-0.3, -0.25) is 4.18 Å². The molecule has 0 aromatic carbocycles. The molecule has 12 heavy (non-hydrogen) atoms. The van der Waals surface area contributed by atoms with Crippen LogP contribution in [0.2, 0.25) is 0 Å². The molecule has 3 heterocycles. The minimum Gasteiger partial charge on any atom is -0.368 e. The molecule has 3 aliphatic heterocycles. The van der Waals surface area contributed by atoms with Gasteiger partial charge in [0, 0.05) is 6.42 Å². The fourth-order valence-electron chi connectivity index (χ4n) is 2.58. The van der Waals surface area contributed by atoms with Crippen molar-refractivity contribution in [1.29, 1.82) is 0 Å². The van der Waals surface area contributed by atoms with Gasteiger partial charge < -0.3 is 4.74 Å². The van der Waals surface area contributed by atoms with Gasteiger partial charge in [-0.05, 0) is 13.3 Å². The Morgan fingerprint density at radius 1 is 1.42 bits per heavy atom. The summed E-state index contributed by atoms with van der Waals surface area (Å²) in [6.07, 6.45) is 0.961. The predicted molar refractivity (Wildman–Crippen MR) is 40.1 cm³/mol. The third-order valence-electron chi connectivity index (χ3n) is 3.05. The van der Waals surface area contributed by atoms with Crippen molar-refractivity contribution in [1.82, 2.24) is 0 Å². The van der Waals surface area contributed by atoms with Crippen LogP contribution in [0.3, 0.4) is 0 Å². The lowest BCUT2D eigenvalue weighted by molar-refractivity contribution is 0.0228. The second kappa shape index (κ2) is 1.71. The fraction of sp³-hybridized carbons (Fsp3) is 1.00. The molecule has 3 unspecified atom stereocenters. The Labute approximate surface area is 71.0 Å². The normalized spacial score (nSPS) is 59.6. The average Bonchev–Trinajstić information content (AvgIpc) is 2.40. The van der Waals surface area contributed by atoms with Crippen LogP contribution < -0.4 is 0 Å². The van der Waals surface area contributed by atoms with Crippen LogP contribution in [0.25, 0.3) is 0 Å². The first kappa shape index (κ1) is 7.29. The molecule has 3 saturated heterocycles. The molecule has 0 N–H and O–H groups in total. The Hall–Kier alpha value is -0.130. The SMILES string of the molecule is CC12CC3C(O1)[C@H](C2)OS3(=O)=O. The molecule has 0 aromatic heterocycles. The molecule has 0 spiro atoms. The summed E-state index contributed by atoms with van der Waals surface area (Å²) in [4.78, 5) is 0. The summed E-state index contributed by atoms with van der Waals surface area (Å²) in [5.74, 6) is 0. The van der Waals surface area contributed by atoms with Gasteiger partial charge in [0.05, 0.1) is 5.60 Å². The first-order valence-corrected chi connectivity index (χ1v) is 5.57. The molecule has 3 aliphatic rings. The quantitative estimate of drug-likeness (QED) is 0.506. The van der Waals surface area contributed by atoms with Gasteiger partial charge in [-0.2, -0.15) is 8.42 Å². The lowest BCUT2D eigenvalue weighted by atomic mass is 9.88. The lowest BCUT2D eigenvalue weighted by Crippen LogP contribution is -2.30. The topological polar surface area (TPSA) is 52.6 Å². The first-order chi connectivity index (χ1) is 5.50. The molecule has 0 aliphatic carbocycles. The van der Waals surface area contributed by atoms with Crippen LogP contribution in [0, 0.1) is 0 Å². The van der Waals surface area contributed by atoms with Gasteiger partial charge in [-0.1, -0.05) is 0 Å². The maximum atomic E-state index is 11.3. The van der Waals surface area contributed by atoms with Crippen molar-refractivity contribution in [2.75, 3.05) is 0 Å².